The van der Waals surface area contributed by atoms with Crippen LogP contribution in [0.2, 0.25) is 15.1 Å². The van der Waals surface area contributed by atoms with Gasteiger partial charge in [-0.3, -0.25) is 0 Å². The van der Waals surface area contributed by atoms with E-state index in [0.29, 0.717) is 39.7 Å². The minimum atomic E-state index is -0.382. The normalized spacial score (nSPS) is 10.1. The Kier molecular flexibility index (Phi) is 6.19. The lowest BCUT2D eigenvalue weighted by molar-refractivity contribution is 0.247. The fourth-order valence-electron chi connectivity index (χ4n) is 1.64. The van der Waals surface area contributed by atoms with Crippen LogP contribution in [-0.4, -0.2) is 19.2 Å². The number of para-hydroxylation sites is 1. The van der Waals surface area contributed by atoms with Gasteiger partial charge in [0.1, 0.15) is 12.4 Å². The number of carbonyl (C=O) groups excluding carboxylic acids is 1. The molecule has 0 aliphatic heterocycles. The molecular weight excluding hydrogens is 347 g/mol. The summed E-state index contributed by atoms with van der Waals surface area (Å²) in [6.07, 6.45) is 0. The van der Waals surface area contributed by atoms with Gasteiger partial charge in [0, 0.05) is 5.02 Å². The number of anilines is 1. The van der Waals surface area contributed by atoms with Gasteiger partial charge in [-0.1, -0.05) is 46.9 Å². The number of hydrogen-bond donors (Lipinski definition) is 2. The highest BCUT2D eigenvalue weighted by atomic mass is 35.5. The zero-order valence-electron chi connectivity index (χ0n) is 11.4. The molecule has 0 spiro atoms. The van der Waals surface area contributed by atoms with E-state index < -0.39 is 0 Å². The molecule has 0 heterocycles. The summed E-state index contributed by atoms with van der Waals surface area (Å²) in [4.78, 5) is 11.7. The number of rotatable bonds is 5. The van der Waals surface area contributed by atoms with Gasteiger partial charge in [0.25, 0.3) is 0 Å². The molecule has 0 saturated carbocycles. The first kappa shape index (κ1) is 16.7. The molecule has 4 nitrogen and oxygen atoms in total. The standard InChI is InChI=1S/C15H13Cl3N2O2/c16-10-5-6-13(12(18)9-10)20-15(21)19-7-8-22-14-4-2-1-3-11(14)17/h1-6,9H,7-8H2,(H2,19,20,21). The molecule has 22 heavy (non-hydrogen) atoms. The van der Waals surface area contributed by atoms with Crippen molar-refractivity contribution in [2.75, 3.05) is 18.5 Å². The summed E-state index contributed by atoms with van der Waals surface area (Å²) < 4.78 is 5.46. The third-order valence-corrected chi connectivity index (χ3v) is 3.52. The molecule has 0 bridgehead atoms. The fraction of sp³-hybridized carbons (Fsp3) is 0.133. The summed E-state index contributed by atoms with van der Waals surface area (Å²) in [6.45, 7) is 0.619. The van der Waals surface area contributed by atoms with E-state index >= 15 is 0 Å². The monoisotopic (exact) mass is 358 g/mol. The molecule has 116 valence electrons. The molecule has 2 aromatic rings. The first-order valence-corrected chi connectivity index (χ1v) is 7.57. The Balaban J connectivity index is 1.75. The Labute approximate surface area is 143 Å². The van der Waals surface area contributed by atoms with E-state index in [1.165, 1.54) is 0 Å². The van der Waals surface area contributed by atoms with Gasteiger partial charge < -0.3 is 15.4 Å². The molecule has 2 rings (SSSR count). The highest BCUT2D eigenvalue weighted by Crippen LogP contribution is 2.25. The smallest absolute Gasteiger partial charge is 0.319 e. The van der Waals surface area contributed by atoms with E-state index in [2.05, 4.69) is 10.6 Å². The molecular formula is C15H13Cl3N2O2. The van der Waals surface area contributed by atoms with Crippen molar-refractivity contribution in [2.24, 2.45) is 0 Å². The van der Waals surface area contributed by atoms with Crippen LogP contribution in [0.3, 0.4) is 0 Å². The van der Waals surface area contributed by atoms with Crippen molar-refractivity contribution in [3.05, 3.63) is 57.5 Å². The predicted molar refractivity (Wildman–Crippen MR) is 90.4 cm³/mol. The number of hydrogen-bond acceptors (Lipinski definition) is 2. The van der Waals surface area contributed by atoms with Crippen LogP contribution >= 0.6 is 34.8 Å². The maximum atomic E-state index is 11.7. The van der Waals surface area contributed by atoms with E-state index in [1.54, 1.807) is 30.3 Å². The first-order valence-electron chi connectivity index (χ1n) is 6.43. The molecule has 0 unspecified atom stereocenters. The number of amides is 2. The summed E-state index contributed by atoms with van der Waals surface area (Å²) >= 11 is 17.7. The first-order chi connectivity index (χ1) is 10.6. The van der Waals surface area contributed by atoms with Crippen LogP contribution in [-0.2, 0) is 0 Å². The van der Waals surface area contributed by atoms with Crippen molar-refractivity contribution in [1.82, 2.24) is 5.32 Å². The number of halogens is 3. The average Bonchev–Trinajstić information content (AvgIpc) is 2.48. The van der Waals surface area contributed by atoms with Crippen LogP contribution < -0.4 is 15.4 Å². The van der Waals surface area contributed by atoms with Crippen LogP contribution in [0.15, 0.2) is 42.5 Å². The second-order valence-corrected chi connectivity index (χ2v) is 5.53. The van der Waals surface area contributed by atoms with Crippen LogP contribution in [0.1, 0.15) is 0 Å². The van der Waals surface area contributed by atoms with Gasteiger partial charge in [-0.2, -0.15) is 0 Å². The van der Waals surface area contributed by atoms with Gasteiger partial charge >= 0.3 is 6.03 Å². The van der Waals surface area contributed by atoms with Gasteiger partial charge in [0.15, 0.2) is 0 Å². The van der Waals surface area contributed by atoms with Crippen LogP contribution in [0.25, 0.3) is 0 Å². The Bertz CT molecular complexity index is 665. The molecule has 0 aromatic heterocycles. The van der Waals surface area contributed by atoms with Crippen molar-refractivity contribution in [2.45, 2.75) is 0 Å². The van der Waals surface area contributed by atoms with E-state index in [0.717, 1.165) is 0 Å². The number of urea groups is 1. The fourth-order valence-corrected chi connectivity index (χ4v) is 2.29. The van der Waals surface area contributed by atoms with Crippen molar-refractivity contribution >= 4 is 46.5 Å². The SMILES string of the molecule is O=C(NCCOc1ccccc1Cl)Nc1ccc(Cl)cc1Cl. The molecule has 0 aliphatic carbocycles. The van der Waals surface area contributed by atoms with Crippen LogP contribution in [0.4, 0.5) is 10.5 Å². The summed E-state index contributed by atoms with van der Waals surface area (Å²) in [5.41, 5.74) is 0.482. The van der Waals surface area contributed by atoms with Crippen molar-refractivity contribution in [1.29, 1.82) is 0 Å². The topological polar surface area (TPSA) is 50.4 Å². The highest BCUT2D eigenvalue weighted by molar-refractivity contribution is 6.36. The zero-order chi connectivity index (χ0) is 15.9. The third-order valence-electron chi connectivity index (χ3n) is 2.66. The summed E-state index contributed by atoms with van der Waals surface area (Å²) in [5.74, 6) is 0.576. The largest absolute Gasteiger partial charge is 0.490 e. The van der Waals surface area contributed by atoms with E-state index in [1.807, 2.05) is 12.1 Å². The highest BCUT2D eigenvalue weighted by Gasteiger charge is 2.06. The maximum absolute atomic E-state index is 11.7. The lowest BCUT2D eigenvalue weighted by Crippen LogP contribution is -2.32. The Morgan fingerprint density at radius 1 is 1.05 bits per heavy atom. The molecule has 0 atom stereocenters. The second-order valence-electron chi connectivity index (χ2n) is 4.28. The lowest BCUT2D eigenvalue weighted by Gasteiger charge is -2.10. The van der Waals surface area contributed by atoms with Crippen molar-refractivity contribution in [3.8, 4) is 5.75 Å². The van der Waals surface area contributed by atoms with Crippen molar-refractivity contribution < 1.29 is 9.53 Å². The molecule has 2 amide bonds. The predicted octanol–water partition coefficient (Wildman–Crippen LogP) is 4.85. The van der Waals surface area contributed by atoms with Crippen LogP contribution in [0.5, 0.6) is 5.75 Å². The molecule has 0 fully saturated rings. The summed E-state index contributed by atoms with van der Waals surface area (Å²) in [7, 11) is 0. The Hall–Kier alpha value is -1.62. The van der Waals surface area contributed by atoms with Gasteiger partial charge in [0.2, 0.25) is 0 Å². The minimum Gasteiger partial charge on any atom is -0.490 e. The average molecular weight is 360 g/mol. The molecule has 2 aromatic carbocycles. The molecule has 2 N–H and O–H groups in total. The summed E-state index contributed by atoms with van der Waals surface area (Å²) in [5, 5.41) is 6.68. The molecule has 0 saturated heterocycles. The third kappa shape index (κ3) is 4.98. The number of benzene rings is 2. The van der Waals surface area contributed by atoms with Gasteiger partial charge in [0.05, 0.1) is 22.3 Å². The molecule has 0 radical (unpaired) electrons. The van der Waals surface area contributed by atoms with Crippen LogP contribution in [0, 0.1) is 0 Å². The maximum Gasteiger partial charge on any atom is 0.319 e. The molecule has 7 heteroatoms. The minimum absolute atomic E-state index is 0.297. The summed E-state index contributed by atoms with van der Waals surface area (Å²) in [6, 6.07) is 11.6. The zero-order valence-corrected chi connectivity index (χ0v) is 13.7. The van der Waals surface area contributed by atoms with Gasteiger partial charge in [-0.25, -0.2) is 4.79 Å². The Morgan fingerprint density at radius 2 is 1.82 bits per heavy atom. The molecule has 0 aliphatic rings. The van der Waals surface area contributed by atoms with E-state index in [4.69, 9.17) is 39.5 Å². The number of nitrogens with one attached hydrogen (secondary N) is 2. The van der Waals surface area contributed by atoms with E-state index in [9.17, 15) is 4.79 Å². The lowest BCUT2D eigenvalue weighted by atomic mass is 10.3. The quantitative estimate of drug-likeness (QED) is 0.750. The number of carbonyl (C=O) groups is 1. The van der Waals surface area contributed by atoms with Crippen molar-refractivity contribution in [3.63, 3.8) is 0 Å². The van der Waals surface area contributed by atoms with Gasteiger partial charge in [-0.05, 0) is 30.3 Å². The van der Waals surface area contributed by atoms with Gasteiger partial charge in [-0.15, -0.1) is 0 Å². The number of ether oxygens (including phenoxy) is 1. The Morgan fingerprint density at radius 3 is 2.55 bits per heavy atom. The second kappa shape index (κ2) is 8.13. The van der Waals surface area contributed by atoms with E-state index in [-0.39, 0.29) is 6.03 Å².